The second-order valence-electron chi connectivity index (χ2n) is 5.59. The number of anilines is 2. The van der Waals surface area contributed by atoms with Crippen LogP contribution in [0.25, 0.3) is 0 Å². The van der Waals surface area contributed by atoms with Crippen LogP contribution in [0.5, 0.6) is 5.75 Å². The van der Waals surface area contributed by atoms with E-state index in [0.29, 0.717) is 13.2 Å². The minimum Gasteiger partial charge on any atom is -0.494 e. The van der Waals surface area contributed by atoms with Crippen molar-refractivity contribution in [3.8, 4) is 5.75 Å². The molecule has 1 N–H and O–H groups in total. The summed E-state index contributed by atoms with van der Waals surface area (Å²) in [6.07, 6.45) is 2.07. The third kappa shape index (κ3) is 3.65. The highest BCUT2D eigenvalue weighted by molar-refractivity contribution is 5.97. The molecule has 23 heavy (non-hydrogen) atoms. The van der Waals surface area contributed by atoms with Crippen LogP contribution >= 0.6 is 0 Å². The fourth-order valence-electron chi connectivity index (χ4n) is 2.90. The highest BCUT2D eigenvalue weighted by atomic mass is 16.5. The molecule has 0 aromatic heterocycles. The van der Waals surface area contributed by atoms with Gasteiger partial charge < -0.3 is 15.0 Å². The van der Waals surface area contributed by atoms with Crippen molar-refractivity contribution < 1.29 is 9.53 Å². The molecule has 0 radical (unpaired) electrons. The first-order valence-corrected chi connectivity index (χ1v) is 8.13. The van der Waals surface area contributed by atoms with E-state index in [2.05, 4.69) is 11.4 Å². The van der Waals surface area contributed by atoms with E-state index in [1.807, 2.05) is 54.3 Å². The number of nitrogens with one attached hydrogen (secondary N) is 1. The molecule has 0 saturated heterocycles. The largest absolute Gasteiger partial charge is 0.494 e. The molecule has 0 saturated carbocycles. The topological polar surface area (TPSA) is 41.6 Å². The maximum Gasteiger partial charge on any atom is 0.246 e. The highest BCUT2D eigenvalue weighted by Gasteiger charge is 2.21. The summed E-state index contributed by atoms with van der Waals surface area (Å²) in [5, 5.41) is 3.20. The highest BCUT2D eigenvalue weighted by Crippen LogP contribution is 2.26. The summed E-state index contributed by atoms with van der Waals surface area (Å²) in [6.45, 7) is 3.70. The molecular formula is C19H22N2O2. The minimum absolute atomic E-state index is 0.103. The minimum atomic E-state index is 0.103. The van der Waals surface area contributed by atoms with Crippen molar-refractivity contribution in [2.75, 3.05) is 29.9 Å². The van der Waals surface area contributed by atoms with Gasteiger partial charge in [0.25, 0.3) is 0 Å². The van der Waals surface area contributed by atoms with Gasteiger partial charge in [-0.05, 0) is 55.7 Å². The van der Waals surface area contributed by atoms with E-state index in [1.165, 1.54) is 5.56 Å². The summed E-state index contributed by atoms with van der Waals surface area (Å²) < 4.78 is 5.42. The summed E-state index contributed by atoms with van der Waals surface area (Å²) in [5.41, 5.74) is 3.23. The van der Waals surface area contributed by atoms with E-state index in [4.69, 9.17) is 4.74 Å². The third-order valence-electron chi connectivity index (χ3n) is 4.02. The van der Waals surface area contributed by atoms with Gasteiger partial charge in [-0.2, -0.15) is 0 Å². The van der Waals surface area contributed by atoms with Crippen molar-refractivity contribution in [1.82, 2.24) is 0 Å². The normalized spacial score (nSPS) is 13.3. The average molecular weight is 310 g/mol. The van der Waals surface area contributed by atoms with Crippen molar-refractivity contribution in [3.63, 3.8) is 0 Å². The zero-order chi connectivity index (χ0) is 16.1. The zero-order valence-electron chi connectivity index (χ0n) is 13.4. The molecule has 1 amide bonds. The van der Waals surface area contributed by atoms with Gasteiger partial charge in [0.1, 0.15) is 5.75 Å². The Kier molecular flexibility index (Phi) is 4.81. The Morgan fingerprint density at radius 1 is 1.17 bits per heavy atom. The van der Waals surface area contributed by atoms with Gasteiger partial charge in [0.2, 0.25) is 5.91 Å². The number of ether oxygens (including phenoxy) is 1. The molecule has 0 bridgehead atoms. The van der Waals surface area contributed by atoms with E-state index in [0.717, 1.165) is 36.5 Å². The summed E-state index contributed by atoms with van der Waals surface area (Å²) >= 11 is 0. The number of rotatable bonds is 5. The summed E-state index contributed by atoms with van der Waals surface area (Å²) in [5.74, 6) is 0.945. The van der Waals surface area contributed by atoms with Crippen LogP contribution in [-0.2, 0) is 11.2 Å². The zero-order valence-corrected chi connectivity index (χ0v) is 13.4. The quantitative estimate of drug-likeness (QED) is 0.919. The Labute approximate surface area is 137 Å². The van der Waals surface area contributed by atoms with Crippen molar-refractivity contribution in [2.24, 2.45) is 0 Å². The number of fused-ring (bicyclic) bond motifs is 1. The predicted molar refractivity (Wildman–Crippen MR) is 93.2 cm³/mol. The van der Waals surface area contributed by atoms with Crippen LogP contribution in [0.4, 0.5) is 11.4 Å². The van der Waals surface area contributed by atoms with E-state index in [1.54, 1.807) is 0 Å². The van der Waals surface area contributed by atoms with Crippen molar-refractivity contribution in [2.45, 2.75) is 19.8 Å². The van der Waals surface area contributed by atoms with Crippen LogP contribution in [0.2, 0.25) is 0 Å². The lowest BCUT2D eigenvalue weighted by molar-refractivity contribution is -0.117. The number of amides is 1. The fraction of sp³-hybridized carbons (Fsp3) is 0.316. The number of aryl methyl sites for hydroxylation is 1. The van der Waals surface area contributed by atoms with Crippen molar-refractivity contribution in [3.05, 3.63) is 54.1 Å². The molecule has 0 atom stereocenters. The van der Waals surface area contributed by atoms with Gasteiger partial charge in [0, 0.05) is 17.9 Å². The van der Waals surface area contributed by atoms with Crippen LogP contribution in [0.15, 0.2) is 48.5 Å². The molecule has 0 unspecified atom stereocenters. The first kappa shape index (κ1) is 15.4. The molecule has 3 rings (SSSR count). The van der Waals surface area contributed by atoms with E-state index >= 15 is 0 Å². The SMILES string of the molecule is CCOc1ccc(NCC(=O)N2CCCc3ccccc32)cc1. The number of para-hydroxylation sites is 1. The molecule has 120 valence electrons. The van der Waals surface area contributed by atoms with E-state index < -0.39 is 0 Å². The smallest absolute Gasteiger partial charge is 0.246 e. The van der Waals surface area contributed by atoms with Gasteiger partial charge in [0.05, 0.1) is 13.2 Å². The molecule has 0 spiro atoms. The maximum absolute atomic E-state index is 12.5. The van der Waals surface area contributed by atoms with E-state index in [9.17, 15) is 4.79 Å². The number of carbonyl (C=O) groups is 1. The number of carbonyl (C=O) groups excluding carboxylic acids is 1. The van der Waals surface area contributed by atoms with Gasteiger partial charge in [-0.15, -0.1) is 0 Å². The second-order valence-corrected chi connectivity index (χ2v) is 5.59. The fourth-order valence-corrected chi connectivity index (χ4v) is 2.90. The molecule has 0 aliphatic carbocycles. The first-order chi connectivity index (χ1) is 11.3. The first-order valence-electron chi connectivity index (χ1n) is 8.13. The van der Waals surface area contributed by atoms with Gasteiger partial charge in [-0.3, -0.25) is 4.79 Å². The molecule has 1 aliphatic rings. The van der Waals surface area contributed by atoms with Crippen LogP contribution in [0.3, 0.4) is 0 Å². The Morgan fingerprint density at radius 2 is 1.96 bits per heavy atom. The lowest BCUT2D eigenvalue weighted by Crippen LogP contribution is -2.39. The molecule has 2 aromatic carbocycles. The monoisotopic (exact) mass is 310 g/mol. The molecular weight excluding hydrogens is 288 g/mol. The van der Waals surface area contributed by atoms with Gasteiger partial charge in [-0.1, -0.05) is 18.2 Å². The Balaban J connectivity index is 1.62. The Morgan fingerprint density at radius 3 is 2.74 bits per heavy atom. The summed E-state index contributed by atoms with van der Waals surface area (Å²) in [6, 6.07) is 15.8. The molecule has 2 aromatic rings. The van der Waals surface area contributed by atoms with Gasteiger partial charge in [-0.25, -0.2) is 0 Å². The Bertz CT molecular complexity index is 667. The lowest BCUT2D eigenvalue weighted by Gasteiger charge is -2.29. The van der Waals surface area contributed by atoms with Gasteiger partial charge >= 0.3 is 0 Å². The molecule has 4 heteroatoms. The summed E-state index contributed by atoms with van der Waals surface area (Å²) in [4.78, 5) is 14.4. The summed E-state index contributed by atoms with van der Waals surface area (Å²) in [7, 11) is 0. The molecule has 4 nitrogen and oxygen atoms in total. The standard InChI is InChI=1S/C19H22N2O2/c1-2-23-17-11-9-16(10-12-17)20-14-19(22)21-13-5-7-15-6-3-4-8-18(15)21/h3-4,6,8-12,20H,2,5,7,13-14H2,1H3. The third-order valence-corrected chi connectivity index (χ3v) is 4.02. The number of hydrogen-bond acceptors (Lipinski definition) is 3. The van der Waals surface area contributed by atoms with Crippen LogP contribution < -0.4 is 15.0 Å². The molecule has 1 aliphatic heterocycles. The number of benzene rings is 2. The predicted octanol–water partition coefficient (Wildman–Crippen LogP) is 3.48. The number of nitrogens with zero attached hydrogens (tertiary/aromatic N) is 1. The second kappa shape index (κ2) is 7.18. The van der Waals surface area contributed by atoms with Crippen molar-refractivity contribution >= 4 is 17.3 Å². The molecule has 1 heterocycles. The van der Waals surface area contributed by atoms with Crippen molar-refractivity contribution in [1.29, 1.82) is 0 Å². The molecule has 0 fully saturated rings. The Hall–Kier alpha value is -2.49. The average Bonchev–Trinajstić information content (AvgIpc) is 2.60. The van der Waals surface area contributed by atoms with E-state index in [-0.39, 0.29) is 5.91 Å². The lowest BCUT2D eigenvalue weighted by atomic mass is 10.0. The van der Waals surface area contributed by atoms with Crippen LogP contribution in [0.1, 0.15) is 18.9 Å². The van der Waals surface area contributed by atoms with Crippen LogP contribution in [-0.4, -0.2) is 25.6 Å². The van der Waals surface area contributed by atoms with Gasteiger partial charge in [0.15, 0.2) is 0 Å². The maximum atomic E-state index is 12.5. The number of hydrogen-bond donors (Lipinski definition) is 1. The van der Waals surface area contributed by atoms with Crippen LogP contribution in [0, 0.1) is 0 Å².